The third-order valence-electron chi connectivity index (χ3n) is 7.60. The lowest BCUT2D eigenvalue weighted by Gasteiger charge is -2.37. The van der Waals surface area contributed by atoms with Gasteiger partial charge in [-0.3, -0.25) is 9.59 Å². The molecule has 2 saturated heterocycles. The summed E-state index contributed by atoms with van der Waals surface area (Å²) in [5.74, 6) is 0.0706. The Hall–Kier alpha value is -3.42. The van der Waals surface area contributed by atoms with Gasteiger partial charge in [0.15, 0.2) is 5.13 Å². The molecule has 5 rings (SSSR count). The SMILES string of the molecule is CCOC(=O)c1sc(N2CC[C@@H](NC(=O)c3[nH]c(C)c(Cl)c3Cl)[C@@H](C)C2)nc1-c1cnc(NCCN2CCCC2=O)cn1. The van der Waals surface area contributed by atoms with Crippen LogP contribution in [0.25, 0.3) is 11.4 Å². The van der Waals surface area contributed by atoms with E-state index in [4.69, 9.17) is 32.9 Å². The molecule has 43 heavy (non-hydrogen) atoms. The van der Waals surface area contributed by atoms with Gasteiger partial charge in [-0.2, -0.15) is 0 Å². The molecule has 2 amide bonds. The first kappa shape index (κ1) is 31.0. The van der Waals surface area contributed by atoms with E-state index in [1.165, 1.54) is 11.3 Å². The van der Waals surface area contributed by atoms with Gasteiger partial charge in [0.2, 0.25) is 5.91 Å². The van der Waals surface area contributed by atoms with Crippen molar-refractivity contribution in [1.29, 1.82) is 0 Å². The van der Waals surface area contributed by atoms with E-state index >= 15 is 0 Å². The number of aromatic nitrogens is 4. The molecule has 5 heterocycles. The number of nitrogens with one attached hydrogen (secondary N) is 3. The zero-order chi connectivity index (χ0) is 30.7. The van der Waals surface area contributed by atoms with Crippen molar-refractivity contribution >= 4 is 63.3 Å². The molecule has 0 saturated carbocycles. The van der Waals surface area contributed by atoms with Gasteiger partial charge in [-0.25, -0.2) is 19.7 Å². The Kier molecular flexibility index (Phi) is 9.72. The normalized spacial score (nSPS) is 18.7. The molecule has 0 unspecified atom stereocenters. The molecule has 0 aromatic carbocycles. The van der Waals surface area contributed by atoms with Crippen LogP contribution in [-0.4, -0.2) is 88.0 Å². The van der Waals surface area contributed by atoms with Crippen molar-refractivity contribution in [2.24, 2.45) is 5.92 Å². The number of amides is 2. The number of anilines is 2. The molecule has 0 spiro atoms. The number of piperidine rings is 1. The van der Waals surface area contributed by atoms with E-state index < -0.39 is 5.97 Å². The predicted octanol–water partition coefficient (Wildman–Crippen LogP) is 4.40. The number of ether oxygens (including phenoxy) is 1. The highest BCUT2D eigenvalue weighted by Crippen LogP contribution is 2.35. The van der Waals surface area contributed by atoms with Crippen molar-refractivity contribution in [3.8, 4) is 11.4 Å². The van der Waals surface area contributed by atoms with Gasteiger partial charge in [0.05, 0.1) is 29.0 Å². The molecule has 2 aliphatic heterocycles. The summed E-state index contributed by atoms with van der Waals surface area (Å²) >= 11 is 13.6. The number of esters is 1. The number of hydrogen-bond donors (Lipinski definition) is 3. The van der Waals surface area contributed by atoms with Crippen LogP contribution >= 0.6 is 34.5 Å². The number of carbonyl (C=O) groups excluding carboxylic acids is 3. The van der Waals surface area contributed by atoms with Crippen LogP contribution < -0.4 is 15.5 Å². The summed E-state index contributed by atoms with van der Waals surface area (Å²) < 4.78 is 5.32. The Morgan fingerprint density at radius 2 is 2.02 bits per heavy atom. The summed E-state index contributed by atoms with van der Waals surface area (Å²) in [4.78, 5) is 58.6. The summed E-state index contributed by atoms with van der Waals surface area (Å²) in [6.07, 6.45) is 5.35. The molecule has 3 aromatic rings. The highest BCUT2D eigenvalue weighted by molar-refractivity contribution is 7.17. The van der Waals surface area contributed by atoms with Crippen molar-refractivity contribution in [3.05, 3.63) is 38.7 Å². The van der Waals surface area contributed by atoms with E-state index in [1.807, 2.05) is 4.90 Å². The topological polar surface area (TPSA) is 145 Å². The van der Waals surface area contributed by atoms with E-state index in [9.17, 15) is 14.4 Å². The quantitative estimate of drug-likeness (QED) is 0.272. The van der Waals surface area contributed by atoms with Crippen LogP contribution in [0.5, 0.6) is 0 Å². The first-order valence-corrected chi connectivity index (χ1v) is 15.8. The molecule has 230 valence electrons. The summed E-state index contributed by atoms with van der Waals surface area (Å²) in [7, 11) is 0. The van der Waals surface area contributed by atoms with Gasteiger partial charge in [0.1, 0.15) is 27.8 Å². The third kappa shape index (κ3) is 6.89. The van der Waals surface area contributed by atoms with Gasteiger partial charge in [0, 0.05) is 50.9 Å². The predicted molar refractivity (Wildman–Crippen MR) is 166 cm³/mol. The molecule has 15 heteroatoms. The molecule has 0 aliphatic carbocycles. The number of nitrogens with zero attached hydrogens (tertiary/aromatic N) is 5. The third-order valence-corrected chi connectivity index (χ3v) is 9.65. The first-order chi connectivity index (χ1) is 20.7. The molecule has 2 aliphatic rings. The number of aromatic amines is 1. The van der Waals surface area contributed by atoms with Crippen LogP contribution in [0, 0.1) is 12.8 Å². The Balaban J connectivity index is 1.26. The standard InChI is InChI=1S/C28H34Cl2N8O4S/c1-4-42-27(41)25-23(18-12-33-19(13-32-18)31-8-11-37-9-5-6-20(37)39)36-28(43-25)38-10-7-17(15(2)14-38)35-26(40)24-22(30)21(29)16(3)34-24/h12-13,15,17,34H,4-11,14H2,1-3H3,(H,31,33)(H,35,40)/t15-,17+/m0/s1. The second-order valence-corrected chi connectivity index (χ2v) is 12.4. The number of hydrogen-bond acceptors (Lipinski definition) is 10. The maximum atomic E-state index is 12.9. The zero-order valence-electron chi connectivity index (χ0n) is 24.2. The van der Waals surface area contributed by atoms with Crippen LogP contribution in [0.4, 0.5) is 10.9 Å². The monoisotopic (exact) mass is 648 g/mol. The average Bonchev–Trinajstić information content (AvgIpc) is 3.69. The van der Waals surface area contributed by atoms with Gasteiger partial charge in [-0.1, -0.05) is 41.5 Å². The number of rotatable bonds is 10. The van der Waals surface area contributed by atoms with Crippen molar-refractivity contribution in [2.75, 3.05) is 49.5 Å². The van der Waals surface area contributed by atoms with Crippen molar-refractivity contribution < 1.29 is 19.1 Å². The molecular formula is C28H34Cl2N8O4S. The van der Waals surface area contributed by atoms with Crippen molar-refractivity contribution in [2.45, 2.75) is 46.1 Å². The second kappa shape index (κ2) is 13.5. The molecule has 12 nitrogen and oxygen atoms in total. The Morgan fingerprint density at radius 1 is 1.21 bits per heavy atom. The summed E-state index contributed by atoms with van der Waals surface area (Å²) in [6.45, 7) is 9.01. The van der Waals surface area contributed by atoms with Gasteiger partial charge in [0.25, 0.3) is 5.91 Å². The van der Waals surface area contributed by atoms with Gasteiger partial charge in [-0.15, -0.1) is 0 Å². The highest BCUT2D eigenvalue weighted by atomic mass is 35.5. The van der Waals surface area contributed by atoms with Crippen molar-refractivity contribution in [3.63, 3.8) is 0 Å². The lowest BCUT2D eigenvalue weighted by molar-refractivity contribution is -0.127. The summed E-state index contributed by atoms with van der Waals surface area (Å²) in [6, 6.07) is -0.0827. The Labute approximate surface area is 263 Å². The fourth-order valence-corrected chi connectivity index (χ4v) is 6.68. The van der Waals surface area contributed by atoms with E-state index in [-0.39, 0.29) is 41.1 Å². The lowest BCUT2D eigenvalue weighted by Crippen LogP contribution is -2.50. The maximum absolute atomic E-state index is 12.9. The number of halogens is 2. The largest absolute Gasteiger partial charge is 0.462 e. The van der Waals surface area contributed by atoms with E-state index in [0.29, 0.717) is 77.0 Å². The fraction of sp³-hybridized carbons (Fsp3) is 0.500. The van der Waals surface area contributed by atoms with Gasteiger partial charge in [-0.05, 0) is 32.6 Å². The summed E-state index contributed by atoms with van der Waals surface area (Å²) in [5.41, 5.74) is 1.77. The van der Waals surface area contributed by atoms with Crippen molar-refractivity contribution in [1.82, 2.24) is 30.2 Å². The molecule has 2 fully saturated rings. The number of thiazole rings is 1. The van der Waals surface area contributed by atoms with Crippen LogP contribution in [-0.2, 0) is 9.53 Å². The van der Waals surface area contributed by atoms with Gasteiger partial charge < -0.3 is 30.2 Å². The Bertz CT molecular complexity index is 1490. The van der Waals surface area contributed by atoms with Crippen LogP contribution in [0.2, 0.25) is 10.0 Å². The fourth-order valence-electron chi connectivity index (χ4n) is 5.26. The van der Waals surface area contributed by atoms with E-state index in [1.54, 1.807) is 26.2 Å². The van der Waals surface area contributed by atoms with E-state index in [2.05, 4.69) is 37.4 Å². The average molecular weight is 650 g/mol. The number of carbonyl (C=O) groups is 3. The summed E-state index contributed by atoms with van der Waals surface area (Å²) in [5, 5.41) is 7.50. The molecule has 0 bridgehead atoms. The minimum Gasteiger partial charge on any atom is -0.462 e. The van der Waals surface area contributed by atoms with Crippen LogP contribution in [0.3, 0.4) is 0 Å². The first-order valence-electron chi connectivity index (χ1n) is 14.3. The molecule has 0 radical (unpaired) electrons. The van der Waals surface area contributed by atoms with Gasteiger partial charge >= 0.3 is 5.97 Å². The highest BCUT2D eigenvalue weighted by Gasteiger charge is 2.32. The zero-order valence-corrected chi connectivity index (χ0v) is 26.5. The number of aryl methyl sites for hydroxylation is 1. The smallest absolute Gasteiger partial charge is 0.350 e. The lowest BCUT2D eigenvalue weighted by atomic mass is 9.94. The molecular weight excluding hydrogens is 615 g/mol. The minimum absolute atomic E-state index is 0.0827. The Morgan fingerprint density at radius 3 is 2.65 bits per heavy atom. The molecule has 2 atom stereocenters. The maximum Gasteiger partial charge on any atom is 0.350 e. The van der Waals surface area contributed by atoms with Crippen LogP contribution in [0.15, 0.2) is 12.4 Å². The molecule has 3 aromatic heterocycles. The molecule has 3 N–H and O–H groups in total. The number of H-pyrrole nitrogens is 1. The van der Waals surface area contributed by atoms with E-state index in [0.717, 1.165) is 13.0 Å². The minimum atomic E-state index is -0.465. The number of likely N-dealkylation sites (tertiary alicyclic amines) is 1. The van der Waals surface area contributed by atoms with Crippen LogP contribution in [0.1, 0.15) is 59.0 Å². The second-order valence-electron chi connectivity index (χ2n) is 10.6.